The van der Waals surface area contributed by atoms with Crippen molar-refractivity contribution in [1.82, 2.24) is 19.7 Å². The number of aromatic nitrogens is 3. The largest absolute Gasteiger partial charge is 0.493 e. The first-order chi connectivity index (χ1) is 19.4. The Balaban J connectivity index is 1.34. The Morgan fingerprint density at radius 3 is 2.42 bits per heavy atom. The minimum absolute atomic E-state index is 0.108. The molecule has 4 aromatic rings. The number of halogens is 2. The molecule has 0 aliphatic rings. The van der Waals surface area contributed by atoms with Crippen LogP contribution >= 0.6 is 35.0 Å². The number of carbonyl (C=O) groups excluding carboxylic acids is 1. The van der Waals surface area contributed by atoms with Crippen LogP contribution in [0.5, 0.6) is 11.5 Å². The summed E-state index contributed by atoms with van der Waals surface area (Å²) in [7, 11) is 5.07. The molecule has 210 valence electrons. The van der Waals surface area contributed by atoms with Gasteiger partial charge in [0.25, 0.3) is 0 Å². The molecule has 0 N–H and O–H groups in total. The zero-order valence-electron chi connectivity index (χ0n) is 22.8. The van der Waals surface area contributed by atoms with Crippen LogP contribution in [0.3, 0.4) is 0 Å². The van der Waals surface area contributed by atoms with Crippen LogP contribution in [-0.4, -0.2) is 59.1 Å². The molecule has 4 rings (SSSR count). The van der Waals surface area contributed by atoms with Crippen LogP contribution < -0.4 is 9.47 Å². The summed E-state index contributed by atoms with van der Waals surface area (Å²) >= 11 is 14.1. The highest BCUT2D eigenvalue weighted by molar-refractivity contribution is 7.99. The van der Waals surface area contributed by atoms with Gasteiger partial charge in [0.1, 0.15) is 5.82 Å². The van der Waals surface area contributed by atoms with E-state index in [1.165, 1.54) is 0 Å². The zero-order valence-corrected chi connectivity index (χ0v) is 25.1. The van der Waals surface area contributed by atoms with E-state index in [9.17, 15) is 4.79 Å². The molecule has 0 spiro atoms. The van der Waals surface area contributed by atoms with E-state index in [-0.39, 0.29) is 5.91 Å². The maximum atomic E-state index is 12.8. The molecule has 0 bridgehead atoms. The molecule has 0 aliphatic carbocycles. The highest BCUT2D eigenvalue weighted by atomic mass is 35.5. The molecule has 0 unspecified atom stereocenters. The number of likely N-dealkylation sites (N-methyl/N-ethyl adjacent to an activating group) is 1. The molecular formula is C30H32Cl2N4O3S. The van der Waals surface area contributed by atoms with Gasteiger partial charge in [-0.15, -0.1) is 10.2 Å². The van der Waals surface area contributed by atoms with Gasteiger partial charge in [-0.3, -0.25) is 9.36 Å². The maximum absolute atomic E-state index is 12.8. The molecular weight excluding hydrogens is 567 g/mol. The van der Waals surface area contributed by atoms with Crippen LogP contribution in [0.1, 0.15) is 29.8 Å². The predicted molar refractivity (Wildman–Crippen MR) is 161 cm³/mol. The molecule has 3 aromatic carbocycles. The van der Waals surface area contributed by atoms with E-state index in [1.54, 1.807) is 36.9 Å². The van der Waals surface area contributed by atoms with Gasteiger partial charge >= 0.3 is 0 Å². The van der Waals surface area contributed by atoms with Gasteiger partial charge in [0, 0.05) is 32.2 Å². The fourth-order valence-corrected chi connectivity index (χ4v) is 5.41. The maximum Gasteiger partial charge on any atom is 0.222 e. The van der Waals surface area contributed by atoms with Gasteiger partial charge in [-0.25, -0.2) is 0 Å². The van der Waals surface area contributed by atoms with E-state index in [2.05, 4.69) is 22.3 Å². The second-order valence-electron chi connectivity index (χ2n) is 9.20. The van der Waals surface area contributed by atoms with E-state index >= 15 is 0 Å². The molecule has 0 saturated heterocycles. The van der Waals surface area contributed by atoms with Gasteiger partial charge in [0.05, 0.1) is 30.0 Å². The van der Waals surface area contributed by atoms with Gasteiger partial charge < -0.3 is 14.4 Å². The summed E-state index contributed by atoms with van der Waals surface area (Å²) in [5, 5.41) is 10.7. The lowest BCUT2D eigenvalue weighted by Crippen LogP contribution is -2.28. The Hall–Kier alpha value is -3.20. The highest BCUT2D eigenvalue weighted by Crippen LogP contribution is 2.30. The van der Waals surface area contributed by atoms with Crippen molar-refractivity contribution in [2.24, 2.45) is 0 Å². The summed E-state index contributed by atoms with van der Waals surface area (Å²) in [5.74, 6) is 3.01. The second kappa shape index (κ2) is 14.4. The second-order valence-corrected chi connectivity index (χ2v) is 11.1. The number of ether oxygens (including phenoxy) is 2. The minimum atomic E-state index is 0.108. The molecule has 0 radical (unpaired) electrons. The average Bonchev–Trinajstić information content (AvgIpc) is 3.37. The molecule has 0 fully saturated rings. The lowest BCUT2D eigenvalue weighted by molar-refractivity contribution is -0.129. The molecule has 1 aromatic heterocycles. The Bertz CT molecular complexity index is 1430. The lowest BCUT2D eigenvalue weighted by atomic mass is 10.1. The summed E-state index contributed by atoms with van der Waals surface area (Å²) in [5.41, 5.74) is 3.06. The molecule has 40 heavy (non-hydrogen) atoms. The molecule has 0 aliphatic heterocycles. The third kappa shape index (κ3) is 7.71. The van der Waals surface area contributed by atoms with Crippen molar-refractivity contribution in [3.63, 3.8) is 0 Å². The monoisotopic (exact) mass is 598 g/mol. The van der Waals surface area contributed by atoms with Crippen molar-refractivity contribution in [3.8, 4) is 17.2 Å². The van der Waals surface area contributed by atoms with Crippen molar-refractivity contribution >= 4 is 40.9 Å². The molecule has 1 heterocycles. The van der Waals surface area contributed by atoms with E-state index in [1.807, 2.05) is 60.1 Å². The van der Waals surface area contributed by atoms with Crippen LogP contribution in [0.15, 0.2) is 71.9 Å². The number of amides is 1. The van der Waals surface area contributed by atoms with E-state index in [4.69, 9.17) is 32.7 Å². The number of methoxy groups -OCH3 is 2. The van der Waals surface area contributed by atoms with Crippen molar-refractivity contribution in [2.45, 2.75) is 30.8 Å². The standard InChI is InChI=1S/C30H32Cl2N4O3S/c1-35(16-15-22-11-14-26(38-2)27(18-22)39-3)29(37)10-7-17-40-30-34-33-28(19-21-8-5-4-6-9-21)36(30)23-12-13-24(31)25(32)20-23/h4-6,8-9,11-14,18,20H,7,10,15-17,19H2,1-3H3. The molecule has 0 atom stereocenters. The Labute approximate surface area is 249 Å². The van der Waals surface area contributed by atoms with Gasteiger partial charge in [-0.1, -0.05) is 71.4 Å². The van der Waals surface area contributed by atoms with Crippen molar-refractivity contribution in [2.75, 3.05) is 33.6 Å². The SMILES string of the molecule is COc1ccc(CCN(C)C(=O)CCCSc2nnc(Cc3ccccc3)n2-c2ccc(Cl)c(Cl)c2)cc1OC. The van der Waals surface area contributed by atoms with Crippen LogP contribution in [0.2, 0.25) is 10.0 Å². The fraction of sp³-hybridized carbons (Fsp3) is 0.300. The number of hydrogen-bond acceptors (Lipinski definition) is 6. The minimum Gasteiger partial charge on any atom is -0.493 e. The van der Waals surface area contributed by atoms with Crippen LogP contribution in [-0.2, 0) is 17.6 Å². The van der Waals surface area contributed by atoms with Crippen LogP contribution in [0, 0.1) is 0 Å². The summed E-state index contributed by atoms with van der Waals surface area (Å²) in [6.07, 6.45) is 2.52. The third-order valence-corrected chi connectivity index (χ3v) is 8.20. The van der Waals surface area contributed by atoms with E-state index in [0.29, 0.717) is 47.4 Å². The predicted octanol–water partition coefficient (Wildman–Crippen LogP) is 6.76. The number of nitrogens with zero attached hydrogens (tertiary/aromatic N) is 4. The molecule has 7 nitrogen and oxygen atoms in total. The lowest BCUT2D eigenvalue weighted by Gasteiger charge is -2.18. The molecule has 0 saturated carbocycles. The summed E-state index contributed by atoms with van der Waals surface area (Å²) in [6.45, 7) is 0.621. The summed E-state index contributed by atoms with van der Waals surface area (Å²) in [4.78, 5) is 14.6. The van der Waals surface area contributed by atoms with Crippen molar-refractivity contribution < 1.29 is 14.3 Å². The average molecular weight is 600 g/mol. The molecule has 10 heteroatoms. The van der Waals surface area contributed by atoms with Crippen molar-refractivity contribution in [3.05, 3.63) is 93.7 Å². The van der Waals surface area contributed by atoms with Crippen LogP contribution in [0.25, 0.3) is 5.69 Å². The summed E-state index contributed by atoms with van der Waals surface area (Å²) < 4.78 is 12.7. The summed E-state index contributed by atoms with van der Waals surface area (Å²) in [6, 6.07) is 21.5. The quantitative estimate of drug-likeness (QED) is 0.125. The normalized spacial score (nSPS) is 10.9. The van der Waals surface area contributed by atoms with Gasteiger partial charge in [0.2, 0.25) is 5.91 Å². The number of hydrogen-bond donors (Lipinski definition) is 0. The third-order valence-electron chi connectivity index (χ3n) is 6.44. The Morgan fingerprint density at radius 1 is 0.925 bits per heavy atom. The van der Waals surface area contributed by atoms with Gasteiger partial charge in [-0.2, -0.15) is 0 Å². The zero-order chi connectivity index (χ0) is 28.5. The number of thioether (sulfide) groups is 1. The number of carbonyl (C=O) groups is 1. The fourth-order valence-electron chi connectivity index (χ4n) is 4.21. The highest BCUT2D eigenvalue weighted by Gasteiger charge is 2.17. The molecule has 1 amide bonds. The number of benzene rings is 3. The van der Waals surface area contributed by atoms with E-state index in [0.717, 1.165) is 40.0 Å². The number of rotatable bonds is 13. The van der Waals surface area contributed by atoms with Crippen LogP contribution in [0.4, 0.5) is 0 Å². The van der Waals surface area contributed by atoms with E-state index < -0.39 is 0 Å². The first kappa shape index (κ1) is 29.8. The first-order valence-electron chi connectivity index (χ1n) is 12.9. The van der Waals surface area contributed by atoms with Crippen molar-refractivity contribution in [1.29, 1.82) is 0 Å². The topological polar surface area (TPSA) is 69.5 Å². The Kier molecular flexibility index (Phi) is 10.7. The Morgan fingerprint density at radius 2 is 1.70 bits per heavy atom. The first-order valence-corrected chi connectivity index (χ1v) is 14.6. The van der Waals surface area contributed by atoms with Gasteiger partial charge in [0.15, 0.2) is 16.7 Å². The van der Waals surface area contributed by atoms with Gasteiger partial charge in [-0.05, 0) is 54.3 Å². The smallest absolute Gasteiger partial charge is 0.222 e.